The van der Waals surface area contributed by atoms with Gasteiger partial charge in [0.1, 0.15) is 17.3 Å². The Labute approximate surface area is 112 Å². The van der Waals surface area contributed by atoms with Crippen LogP contribution in [-0.2, 0) is 0 Å². The number of piperidine rings is 2. The Morgan fingerprint density at radius 1 is 1.11 bits per heavy atom. The van der Waals surface area contributed by atoms with Crippen molar-refractivity contribution in [2.75, 3.05) is 12.4 Å². The predicted molar refractivity (Wildman–Crippen MR) is 72.2 cm³/mol. The lowest BCUT2D eigenvalue weighted by Gasteiger charge is -2.47. The normalized spacial score (nSPS) is 31.2. The minimum Gasteiger partial charge on any atom is -0.377 e. The highest BCUT2D eigenvalue weighted by Gasteiger charge is 2.36. The molecule has 2 aliphatic rings. The number of anilines is 1. The van der Waals surface area contributed by atoms with Crippen LogP contribution in [0, 0.1) is 11.6 Å². The molecule has 104 valence electrons. The maximum atomic E-state index is 13.7. The second-order valence-corrected chi connectivity index (χ2v) is 5.81. The Hall–Kier alpha value is -1.16. The summed E-state index contributed by atoms with van der Waals surface area (Å²) in [7, 11) is 2.17. The Kier molecular flexibility index (Phi) is 3.44. The summed E-state index contributed by atoms with van der Waals surface area (Å²) < 4.78 is 27.3. The van der Waals surface area contributed by atoms with Crippen LogP contribution in [-0.4, -0.2) is 30.1 Å². The van der Waals surface area contributed by atoms with E-state index in [1.807, 2.05) is 0 Å². The average Bonchev–Trinajstić information content (AvgIpc) is 2.35. The zero-order chi connectivity index (χ0) is 13.4. The molecule has 2 nitrogen and oxygen atoms in total. The van der Waals surface area contributed by atoms with Gasteiger partial charge in [-0.2, -0.15) is 0 Å². The van der Waals surface area contributed by atoms with Gasteiger partial charge in [-0.05, 0) is 44.9 Å². The summed E-state index contributed by atoms with van der Waals surface area (Å²) in [5, 5.41) is 3.09. The maximum absolute atomic E-state index is 13.7. The second-order valence-electron chi connectivity index (χ2n) is 5.81. The van der Waals surface area contributed by atoms with Crippen LogP contribution in [0.2, 0.25) is 0 Å². The van der Waals surface area contributed by atoms with Crippen molar-refractivity contribution >= 4 is 5.69 Å². The first kappa shape index (κ1) is 12.9. The summed E-state index contributed by atoms with van der Waals surface area (Å²) in [5.41, 5.74) is 0.0372. The van der Waals surface area contributed by atoms with Gasteiger partial charge in [0, 0.05) is 18.1 Å². The van der Waals surface area contributed by atoms with Crippen molar-refractivity contribution < 1.29 is 8.78 Å². The van der Waals surface area contributed by atoms with Crippen molar-refractivity contribution in [1.29, 1.82) is 0 Å². The van der Waals surface area contributed by atoms with E-state index in [1.165, 1.54) is 37.5 Å². The van der Waals surface area contributed by atoms with Crippen molar-refractivity contribution in [3.05, 3.63) is 29.8 Å². The van der Waals surface area contributed by atoms with Crippen LogP contribution in [0.25, 0.3) is 0 Å². The number of halogens is 2. The van der Waals surface area contributed by atoms with Gasteiger partial charge in [0.15, 0.2) is 0 Å². The Bertz CT molecular complexity index is 429. The summed E-state index contributed by atoms with van der Waals surface area (Å²) in [4.78, 5) is 2.44. The van der Waals surface area contributed by atoms with Gasteiger partial charge in [-0.1, -0.05) is 12.5 Å². The van der Waals surface area contributed by atoms with E-state index in [0.29, 0.717) is 12.1 Å². The third-order valence-corrected chi connectivity index (χ3v) is 4.65. The van der Waals surface area contributed by atoms with Crippen LogP contribution in [0.5, 0.6) is 0 Å². The standard InChI is InChI=1S/C15H20F2N2/c1-19-11-4-2-5-12(19)9-10(8-11)18-15-13(16)6-3-7-14(15)17/h3,6-7,10-12,18H,2,4-5,8-9H2,1H3. The summed E-state index contributed by atoms with van der Waals surface area (Å²) >= 11 is 0. The first-order valence-electron chi connectivity index (χ1n) is 7.07. The van der Waals surface area contributed by atoms with Gasteiger partial charge >= 0.3 is 0 Å². The molecule has 1 aromatic rings. The fraction of sp³-hybridized carbons (Fsp3) is 0.600. The molecular formula is C15H20F2N2. The fourth-order valence-corrected chi connectivity index (χ4v) is 3.57. The topological polar surface area (TPSA) is 15.3 Å². The molecule has 0 radical (unpaired) electrons. The maximum Gasteiger partial charge on any atom is 0.149 e. The lowest BCUT2D eigenvalue weighted by Crippen LogP contribution is -2.52. The van der Waals surface area contributed by atoms with Crippen LogP contribution >= 0.6 is 0 Å². The molecular weight excluding hydrogens is 246 g/mol. The number of benzene rings is 1. The van der Waals surface area contributed by atoms with Crippen LogP contribution in [0.4, 0.5) is 14.5 Å². The van der Waals surface area contributed by atoms with E-state index in [4.69, 9.17) is 0 Å². The number of rotatable bonds is 2. The van der Waals surface area contributed by atoms with E-state index in [2.05, 4.69) is 17.3 Å². The highest BCUT2D eigenvalue weighted by Crippen LogP contribution is 2.34. The van der Waals surface area contributed by atoms with Crippen molar-refractivity contribution in [3.63, 3.8) is 0 Å². The molecule has 1 aromatic carbocycles. The molecule has 2 atom stereocenters. The zero-order valence-electron chi connectivity index (χ0n) is 11.2. The Balaban J connectivity index is 1.74. The number of nitrogens with one attached hydrogen (secondary N) is 1. The van der Waals surface area contributed by atoms with Gasteiger partial charge in [0.2, 0.25) is 0 Å². The molecule has 3 rings (SSSR count). The van der Waals surface area contributed by atoms with E-state index >= 15 is 0 Å². The zero-order valence-corrected chi connectivity index (χ0v) is 11.2. The fourth-order valence-electron chi connectivity index (χ4n) is 3.57. The van der Waals surface area contributed by atoms with Crippen LogP contribution in [0.3, 0.4) is 0 Å². The van der Waals surface area contributed by atoms with Gasteiger partial charge < -0.3 is 10.2 Å². The number of para-hydroxylation sites is 1. The number of nitrogens with zero attached hydrogens (tertiary/aromatic N) is 1. The number of fused-ring (bicyclic) bond motifs is 2. The SMILES string of the molecule is CN1C2CCCC1CC(Nc1c(F)cccc1F)C2. The smallest absolute Gasteiger partial charge is 0.149 e. The summed E-state index contributed by atoms with van der Waals surface area (Å²) in [5.74, 6) is -0.992. The summed E-state index contributed by atoms with van der Waals surface area (Å²) in [6.45, 7) is 0. The highest BCUT2D eigenvalue weighted by atomic mass is 19.1. The lowest BCUT2D eigenvalue weighted by atomic mass is 9.82. The highest BCUT2D eigenvalue weighted by molar-refractivity contribution is 5.47. The molecule has 2 aliphatic heterocycles. The van der Waals surface area contributed by atoms with Crippen molar-refractivity contribution in [2.45, 2.75) is 50.2 Å². The van der Waals surface area contributed by atoms with E-state index < -0.39 is 11.6 Å². The van der Waals surface area contributed by atoms with Crippen LogP contribution in [0.15, 0.2) is 18.2 Å². The quantitative estimate of drug-likeness (QED) is 0.882. The molecule has 2 bridgehead atoms. The molecule has 0 amide bonds. The molecule has 0 aromatic heterocycles. The Morgan fingerprint density at radius 2 is 1.68 bits per heavy atom. The van der Waals surface area contributed by atoms with Gasteiger partial charge in [-0.15, -0.1) is 0 Å². The van der Waals surface area contributed by atoms with Gasteiger partial charge in [-0.3, -0.25) is 0 Å². The second kappa shape index (κ2) is 5.08. The molecule has 2 heterocycles. The molecule has 4 heteroatoms. The number of hydrogen-bond acceptors (Lipinski definition) is 2. The van der Waals surface area contributed by atoms with Gasteiger partial charge in [-0.25, -0.2) is 8.78 Å². The van der Waals surface area contributed by atoms with Crippen molar-refractivity contribution in [2.24, 2.45) is 0 Å². The minimum atomic E-state index is -0.496. The van der Waals surface area contributed by atoms with Crippen LogP contribution in [0.1, 0.15) is 32.1 Å². The third kappa shape index (κ3) is 2.46. The van der Waals surface area contributed by atoms with E-state index in [9.17, 15) is 8.78 Å². The van der Waals surface area contributed by atoms with E-state index in [1.54, 1.807) is 0 Å². The number of hydrogen-bond donors (Lipinski definition) is 1. The molecule has 2 unspecified atom stereocenters. The first-order chi connectivity index (χ1) is 9.15. The summed E-state index contributed by atoms with van der Waals surface area (Å²) in [6.07, 6.45) is 5.62. The molecule has 0 aliphatic carbocycles. The minimum absolute atomic E-state index is 0.0372. The molecule has 2 fully saturated rings. The molecule has 19 heavy (non-hydrogen) atoms. The van der Waals surface area contributed by atoms with Gasteiger partial charge in [0.25, 0.3) is 0 Å². The monoisotopic (exact) mass is 266 g/mol. The first-order valence-corrected chi connectivity index (χ1v) is 7.07. The van der Waals surface area contributed by atoms with E-state index in [0.717, 1.165) is 12.8 Å². The third-order valence-electron chi connectivity index (χ3n) is 4.65. The Morgan fingerprint density at radius 3 is 2.26 bits per heavy atom. The predicted octanol–water partition coefficient (Wildman–Crippen LogP) is 3.39. The molecule has 0 spiro atoms. The molecule has 1 N–H and O–H groups in total. The van der Waals surface area contributed by atoms with E-state index in [-0.39, 0.29) is 11.7 Å². The average molecular weight is 266 g/mol. The molecule has 0 saturated carbocycles. The lowest BCUT2D eigenvalue weighted by molar-refractivity contribution is 0.0607. The molecule has 2 saturated heterocycles. The van der Waals surface area contributed by atoms with Gasteiger partial charge in [0.05, 0.1) is 0 Å². The largest absolute Gasteiger partial charge is 0.377 e. The summed E-state index contributed by atoms with van der Waals surface area (Å²) in [6, 6.07) is 5.30. The van der Waals surface area contributed by atoms with Crippen molar-refractivity contribution in [1.82, 2.24) is 4.90 Å². The van der Waals surface area contributed by atoms with Crippen LogP contribution < -0.4 is 5.32 Å². The van der Waals surface area contributed by atoms with Crippen molar-refractivity contribution in [3.8, 4) is 0 Å².